The molecule has 0 aliphatic heterocycles. The van der Waals surface area contributed by atoms with Gasteiger partial charge in [-0.05, 0) is 42.4 Å². The monoisotopic (exact) mass is 320 g/mol. The van der Waals surface area contributed by atoms with Gasteiger partial charge in [-0.15, -0.1) is 0 Å². The van der Waals surface area contributed by atoms with Crippen LogP contribution in [-0.2, 0) is 6.42 Å². The lowest BCUT2D eigenvalue weighted by Gasteiger charge is -2.16. The Morgan fingerprint density at radius 1 is 1.53 bits per heavy atom. The number of rotatable bonds is 7. The molecule has 2 nitrogen and oxygen atoms in total. The summed E-state index contributed by atoms with van der Waals surface area (Å²) in [7, 11) is 0. The van der Waals surface area contributed by atoms with Crippen LogP contribution in [0, 0.1) is 5.82 Å². The van der Waals surface area contributed by atoms with E-state index in [1.54, 1.807) is 6.07 Å². The lowest BCUT2D eigenvalue weighted by atomic mass is 10.1. The first-order valence-corrected chi connectivity index (χ1v) is 7.60. The average Bonchev–Trinajstić information content (AvgIpc) is 2.32. The van der Waals surface area contributed by atoms with Crippen LogP contribution in [0.1, 0.15) is 18.9 Å². The van der Waals surface area contributed by atoms with Gasteiger partial charge in [0.2, 0.25) is 0 Å². The van der Waals surface area contributed by atoms with E-state index in [1.807, 2.05) is 17.8 Å². The summed E-state index contributed by atoms with van der Waals surface area (Å²) >= 11 is 5.19. The second kappa shape index (κ2) is 8.08. The van der Waals surface area contributed by atoms with Crippen molar-refractivity contribution in [3.8, 4) is 0 Å². The van der Waals surface area contributed by atoms with E-state index >= 15 is 0 Å². The van der Waals surface area contributed by atoms with Crippen molar-refractivity contribution in [2.75, 3.05) is 11.5 Å². The van der Waals surface area contributed by atoms with Gasteiger partial charge in [-0.1, -0.05) is 22.9 Å². The van der Waals surface area contributed by atoms with Gasteiger partial charge in [-0.2, -0.15) is 11.8 Å². The molecule has 0 saturated carbocycles. The highest BCUT2D eigenvalue weighted by molar-refractivity contribution is 9.10. The summed E-state index contributed by atoms with van der Waals surface area (Å²) in [5.74, 6) is 7.33. The van der Waals surface area contributed by atoms with Gasteiger partial charge in [-0.3, -0.25) is 11.3 Å². The average molecular weight is 321 g/mol. The fourth-order valence-corrected chi connectivity index (χ4v) is 2.86. The van der Waals surface area contributed by atoms with Crippen LogP contribution in [0.3, 0.4) is 0 Å². The fraction of sp³-hybridized carbons (Fsp3) is 0.500. The molecule has 5 heteroatoms. The third-order valence-corrected chi connectivity index (χ3v) is 4.21. The first-order valence-electron chi connectivity index (χ1n) is 5.65. The van der Waals surface area contributed by atoms with Gasteiger partial charge < -0.3 is 0 Å². The number of nitrogens with one attached hydrogen (secondary N) is 1. The molecule has 1 aromatic rings. The zero-order chi connectivity index (χ0) is 12.7. The van der Waals surface area contributed by atoms with E-state index in [-0.39, 0.29) is 11.9 Å². The Morgan fingerprint density at radius 3 is 2.94 bits per heavy atom. The minimum Gasteiger partial charge on any atom is -0.271 e. The van der Waals surface area contributed by atoms with E-state index < -0.39 is 0 Å². The van der Waals surface area contributed by atoms with E-state index in [4.69, 9.17) is 5.84 Å². The molecular weight excluding hydrogens is 303 g/mol. The molecule has 17 heavy (non-hydrogen) atoms. The van der Waals surface area contributed by atoms with Crippen LogP contribution in [-0.4, -0.2) is 17.5 Å². The summed E-state index contributed by atoms with van der Waals surface area (Å²) in [5, 5.41) is 0. The molecule has 1 aromatic carbocycles. The van der Waals surface area contributed by atoms with E-state index in [2.05, 4.69) is 28.3 Å². The van der Waals surface area contributed by atoms with Gasteiger partial charge in [-0.25, -0.2) is 4.39 Å². The Balaban J connectivity index is 2.57. The normalized spacial score (nSPS) is 12.7. The quantitative estimate of drug-likeness (QED) is 0.460. The fourth-order valence-electron chi connectivity index (χ4n) is 1.50. The minimum atomic E-state index is -0.172. The van der Waals surface area contributed by atoms with Crippen LogP contribution in [0.25, 0.3) is 0 Å². The predicted octanol–water partition coefficient (Wildman–Crippen LogP) is 3.11. The molecule has 0 heterocycles. The third kappa shape index (κ3) is 5.38. The molecule has 0 aromatic heterocycles. The largest absolute Gasteiger partial charge is 0.271 e. The Kier molecular flexibility index (Phi) is 7.11. The smallest absolute Gasteiger partial charge is 0.126 e. The number of nitrogens with two attached hydrogens (primary N) is 1. The standard InChI is InChI=1S/C12H18BrFN2S/c1-2-5-17-8-11(16-15)7-9-6-10(13)3-4-12(9)14/h3-4,6,11,16H,2,5,7-8,15H2,1H3. The second-order valence-corrected chi connectivity index (χ2v) is 5.94. The van der Waals surface area contributed by atoms with E-state index in [9.17, 15) is 4.39 Å². The third-order valence-electron chi connectivity index (χ3n) is 2.38. The summed E-state index contributed by atoms with van der Waals surface area (Å²) in [4.78, 5) is 0. The van der Waals surface area contributed by atoms with Crippen molar-refractivity contribution in [1.82, 2.24) is 5.43 Å². The zero-order valence-electron chi connectivity index (χ0n) is 9.88. The van der Waals surface area contributed by atoms with Gasteiger partial charge in [0.1, 0.15) is 5.82 Å². The Hall–Kier alpha value is -0.100. The molecule has 1 unspecified atom stereocenters. The van der Waals surface area contributed by atoms with Gasteiger partial charge in [0.25, 0.3) is 0 Å². The Bertz CT molecular complexity index is 349. The van der Waals surface area contributed by atoms with E-state index in [0.29, 0.717) is 12.0 Å². The minimum absolute atomic E-state index is 0.107. The summed E-state index contributed by atoms with van der Waals surface area (Å²) in [6, 6.07) is 5.10. The maximum atomic E-state index is 13.6. The molecule has 0 radical (unpaired) electrons. The van der Waals surface area contributed by atoms with Crippen LogP contribution in [0.5, 0.6) is 0 Å². The molecular formula is C12H18BrFN2S. The first kappa shape index (κ1) is 15.0. The van der Waals surface area contributed by atoms with Crippen molar-refractivity contribution in [1.29, 1.82) is 0 Å². The summed E-state index contributed by atoms with van der Waals surface area (Å²) in [6.45, 7) is 2.14. The number of hydrogen-bond donors (Lipinski definition) is 2. The first-order chi connectivity index (χ1) is 8.17. The van der Waals surface area contributed by atoms with Gasteiger partial charge in [0, 0.05) is 16.3 Å². The number of benzene rings is 1. The summed E-state index contributed by atoms with van der Waals surface area (Å²) < 4.78 is 14.5. The number of hydrazine groups is 1. The molecule has 0 fully saturated rings. The molecule has 0 aliphatic rings. The van der Waals surface area contributed by atoms with Crippen molar-refractivity contribution in [3.63, 3.8) is 0 Å². The lowest BCUT2D eigenvalue weighted by molar-refractivity contribution is 0.546. The zero-order valence-corrected chi connectivity index (χ0v) is 12.3. The summed E-state index contributed by atoms with van der Waals surface area (Å²) in [5.41, 5.74) is 3.45. The van der Waals surface area contributed by atoms with Crippen LogP contribution >= 0.6 is 27.7 Å². The summed E-state index contributed by atoms with van der Waals surface area (Å²) in [6.07, 6.45) is 1.76. The molecule has 0 amide bonds. The molecule has 0 saturated heterocycles. The molecule has 1 atom stereocenters. The van der Waals surface area contributed by atoms with Crippen molar-refractivity contribution in [3.05, 3.63) is 34.1 Å². The number of thioether (sulfide) groups is 1. The lowest BCUT2D eigenvalue weighted by Crippen LogP contribution is -2.39. The van der Waals surface area contributed by atoms with Crippen molar-refractivity contribution in [2.24, 2.45) is 5.84 Å². The van der Waals surface area contributed by atoms with Gasteiger partial charge >= 0.3 is 0 Å². The molecule has 0 aliphatic carbocycles. The highest BCUT2D eigenvalue weighted by atomic mass is 79.9. The topological polar surface area (TPSA) is 38.0 Å². The Labute approximate surface area is 115 Å². The van der Waals surface area contributed by atoms with E-state index in [1.165, 1.54) is 6.07 Å². The molecule has 96 valence electrons. The van der Waals surface area contributed by atoms with Crippen molar-refractivity contribution < 1.29 is 4.39 Å². The molecule has 0 bridgehead atoms. The van der Waals surface area contributed by atoms with E-state index in [0.717, 1.165) is 22.4 Å². The van der Waals surface area contributed by atoms with Crippen LogP contribution < -0.4 is 11.3 Å². The molecule has 1 rings (SSSR count). The van der Waals surface area contributed by atoms with Crippen molar-refractivity contribution in [2.45, 2.75) is 25.8 Å². The van der Waals surface area contributed by atoms with Gasteiger partial charge in [0.15, 0.2) is 0 Å². The van der Waals surface area contributed by atoms with Crippen LogP contribution in [0.15, 0.2) is 22.7 Å². The Morgan fingerprint density at radius 2 is 2.29 bits per heavy atom. The molecule has 0 spiro atoms. The van der Waals surface area contributed by atoms with Crippen molar-refractivity contribution >= 4 is 27.7 Å². The number of halogens is 2. The maximum absolute atomic E-state index is 13.6. The predicted molar refractivity (Wildman–Crippen MR) is 76.5 cm³/mol. The molecule has 3 N–H and O–H groups in total. The van der Waals surface area contributed by atoms with Crippen LogP contribution in [0.4, 0.5) is 4.39 Å². The highest BCUT2D eigenvalue weighted by Gasteiger charge is 2.11. The highest BCUT2D eigenvalue weighted by Crippen LogP contribution is 2.18. The van der Waals surface area contributed by atoms with Crippen LogP contribution in [0.2, 0.25) is 0 Å². The SMILES string of the molecule is CCCSCC(Cc1cc(Br)ccc1F)NN. The van der Waals surface area contributed by atoms with Gasteiger partial charge in [0.05, 0.1) is 0 Å². The number of hydrogen-bond acceptors (Lipinski definition) is 3. The maximum Gasteiger partial charge on any atom is 0.126 e. The second-order valence-electron chi connectivity index (χ2n) is 3.88.